The largest absolute Gasteiger partial charge is 0.497 e. The lowest BCUT2D eigenvalue weighted by Crippen LogP contribution is -1.96. The zero-order valence-electron chi connectivity index (χ0n) is 10.9. The molecule has 0 aliphatic rings. The average Bonchev–Trinajstić information content (AvgIpc) is 2.76. The monoisotopic (exact) mass is 253 g/mol. The third-order valence-electron chi connectivity index (χ3n) is 3.29. The van der Waals surface area contributed by atoms with Crippen LogP contribution in [0.15, 0.2) is 42.5 Å². The molecule has 0 fully saturated rings. The van der Waals surface area contributed by atoms with Gasteiger partial charge in [-0.3, -0.25) is 0 Å². The minimum Gasteiger partial charge on any atom is -0.497 e. The van der Waals surface area contributed by atoms with Crippen molar-refractivity contribution in [2.45, 2.75) is 0 Å². The highest BCUT2D eigenvalue weighted by Crippen LogP contribution is 2.29. The summed E-state index contributed by atoms with van der Waals surface area (Å²) in [6.45, 7) is 0. The summed E-state index contributed by atoms with van der Waals surface area (Å²) in [5.41, 5.74) is 9.65. The Balaban J connectivity index is 2.25. The van der Waals surface area contributed by atoms with Crippen LogP contribution in [0.4, 0.5) is 5.69 Å². The van der Waals surface area contributed by atoms with E-state index in [2.05, 4.69) is 4.98 Å². The van der Waals surface area contributed by atoms with Crippen molar-refractivity contribution < 1.29 is 4.74 Å². The molecule has 0 spiro atoms. The van der Waals surface area contributed by atoms with Gasteiger partial charge in [-0.2, -0.15) is 0 Å². The van der Waals surface area contributed by atoms with Crippen LogP contribution in [0.5, 0.6) is 5.75 Å². The number of methoxy groups -OCH3 is 1. The number of hydrogen-bond donors (Lipinski definition) is 1. The maximum absolute atomic E-state index is 6.02. The SMILES string of the molecule is COc1ccc2c(c1)nc(-c1ccccc1N)n2C. The molecular weight excluding hydrogens is 238 g/mol. The van der Waals surface area contributed by atoms with E-state index in [1.54, 1.807) is 7.11 Å². The van der Waals surface area contributed by atoms with E-state index in [9.17, 15) is 0 Å². The summed E-state index contributed by atoms with van der Waals surface area (Å²) >= 11 is 0. The first-order chi connectivity index (χ1) is 9.20. The van der Waals surface area contributed by atoms with Crippen LogP contribution in [0.3, 0.4) is 0 Å². The van der Waals surface area contributed by atoms with Crippen LogP contribution < -0.4 is 10.5 Å². The molecule has 0 bridgehead atoms. The van der Waals surface area contributed by atoms with Gasteiger partial charge in [0, 0.05) is 24.4 Å². The normalized spacial score (nSPS) is 10.8. The van der Waals surface area contributed by atoms with Crippen molar-refractivity contribution in [2.75, 3.05) is 12.8 Å². The number of nitrogen functional groups attached to an aromatic ring is 1. The van der Waals surface area contributed by atoms with Gasteiger partial charge < -0.3 is 15.0 Å². The number of nitrogens with two attached hydrogens (primary N) is 1. The van der Waals surface area contributed by atoms with E-state index >= 15 is 0 Å². The minimum atomic E-state index is 0.730. The number of para-hydroxylation sites is 1. The Bertz CT molecular complexity index is 746. The van der Waals surface area contributed by atoms with E-state index in [1.165, 1.54) is 0 Å². The Morgan fingerprint density at radius 2 is 1.95 bits per heavy atom. The molecule has 4 nitrogen and oxygen atoms in total. The molecule has 0 saturated heterocycles. The van der Waals surface area contributed by atoms with E-state index in [-0.39, 0.29) is 0 Å². The Morgan fingerprint density at radius 3 is 2.68 bits per heavy atom. The molecule has 0 atom stereocenters. The topological polar surface area (TPSA) is 53.1 Å². The highest BCUT2D eigenvalue weighted by molar-refractivity contribution is 5.84. The molecule has 2 aromatic carbocycles. The molecule has 3 rings (SSSR count). The number of anilines is 1. The molecule has 2 N–H and O–H groups in total. The number of fused-ring (bicyclic) bond motifs is 1. The Kier molecular flexibility index (Phi) is 2.63. The molecule has 0 unspecified atom stereocenters. The second kappa shape index (κ2) is 4.31. The van der Waals surface area contributed by atoms with Crippen LogP contribution in [0, 0.1) is 0 Å². The fourth-order valence-corrected chi connectivity index (χ4v) is 2.25. The van der Waals surface area contributed by atoms with Gasteiger partial charge in [0.1, 0.15) is 11.6 Å². The van der Waals surface area contributed by atoms with Crippen LogP contribution in [0.25, 0.3) is 22.4 Å². The van der Waals surface area contributed by atoms with Crippen LogP contribution in [-0.4, -0.2) is 16.7 Å². The standard InChI is InChI=1S/C15H15N3O/c1-18-14-8-7-10(19-2)9-13(14)17-15(18)11-5-3-4-6-12(11)16/h3-9H,16H2,1-2H3. The van der Waals surface area contributed by atoms with Gasteiger partial charge in [0.25, 0.3) is 0 Å². The first-order valence-electron chi connectivity index (χ1n) is 6.06. The van der Waals surface area contributed by atoms with Crippen molar-refractivity contribution in [3.05, 3.63) is 42.5 Å². The zero-order chi connectivity index (χ0) is 13.4. The lowest BCUT2D eigenvalue weighted by atomic mass is 10.2. The van der Waals surface area contributed by atoms with Crippen LogP contribution in [0.2, 0.25) is 0 Å². The van der Waals surface area contributed by atoms with Gasteiger partial charge in [-0.15, -0.1) is 0 Å². The molecule has 3 aromatic rings. The van der Waals surface area contributed by atoms with Crippen molar-refractivity contribution in [2.24, 2.45) is 7.05 Å². The van der Waals surface area contributed by atoms with Crippen LogP contribution in [0.1, 0.15) is 0 Å². The molecule has 1 aromatic heterocycles. The Morgan fingerprint density at radius 1 is 1.16 bits per heavy atom. The fourth-order valence-electron chi connectivity index (χ4n) is 2.25. The number of ether oxygens (including phenoxy) is 1. The van der Waals surface area contributed by atoms with Crippen molar-refractivity contribution in [3.63, 3.8) is 0 Å². The molecule has 96 valence electrons. The maximum atomic E-state index is 6.02. The van der Waals surface area contributed by atoms with Gasteiger partial charge in [0.05, 0.1) is 18.1 Å². The summed E-state index contributed by atoms with van der Waals surface area (Å²) in [6, 6.07) is 13.6. The van der Waals surface area contributed by atoms with E-state index in [4.69, 9.17) is 10.5 Å². The van der Waals surface area contributed by atoms with Crippen molar-refractivity contribution in [1.29, 1.82) is 0 Å². The number of benzene rings is 2. The second-order valence-electron chi connectivity index (χ2n) is 4.44. The fraction of sp³-hybridized carbons (Fsp3) is 0.133. The number of imidazole rings is 1. The van der Waals surface area contributed by atoms with E-state index < -0.39 is 0 Å². The minimum absolute atomic E-state index is 0.730. The molecule has 19 heavy (non-hydrogen) atoms. The quantitative estimate of drug-likeness (QED) is 0.714. The summed E-state index contributed by atoms with van der Waals surface area (Å²) in [4.78, 5) is 4.65. The first-order valence-corrected chi connectivity index (χ1v) is 6.06. The highest BCUT2D eigenvalue weighted by Gasteiger charge is 2.12. The predicted molar refractivity (Wildman–Crippen MR) is 77.1 cm³/mol. The Hall–Kier alpha value is -2.49. The molecule has 0 saturated carbocycles. The summed E-state index contributed by atoms with van der Waals surface area (Å²) in [6.07, 6.45) is 0. The number of aromatic nitrogens is 2. The lowest BCUT2D eigenvalue weighted by Gasteiger charge is -2.05. The van der Waals surface area contributed by atoms with Gasteiger partial charge in [0.2, 0.25) is 0 Å². The lowest BCUT2D eigenvalue weighted by molar-refractivity contribution is 0.415. The predicted octanol–water partition coefficient (Wildman–Crippen LogP) is 2.83. The van der Waals surface area contributed by atoms with Gasteiger partial charge in [0.15, 0.2) is 0 Å². The van der Waals surface area contributed by atoms with Crippen LogP contribution in [-0.2, 0) is 7.05 Å². The van der Waals surface area contributed by atoms with Gasteiger partial charge in [-0.25, -0.2) is 4.98 Å². The third kappa shape index (κ3) is 1.81. The van der Waals surface area contributed by atoms with E-state index in [0.717, 1.165) is 33.9 Å². The van der Waals surface area contributed by atoms with Crippen molar-refractivity contribution in [1.82, 2.24) is 9.55 Å². The number of hydrogen-bond acceptors (Lipinski definition) is 3. The van der Waals surface area contributed by atoms with Gasteiger partial charge in [-0.1, -0.05) is 12.1 Å². The summed E-state index contributed by atoms with van der Waals surface area (Å²) in [5, 5.41) is 0. The van der Waals surface area contributed by atoms with Crippen molar-refractivity contribution in [3.8, 4) is 17.1 Å². The highest BCUT2D eigenvalue weighted by atomic mass is 16.5. The average molecular weight is 253 g/mol. The second-order valence-corrected chi connectivity index (χ2v) is 4.44. The Labute approximate surface area is 111 Å². The first kappa shape index (κ1) is 11.6. The summed E-state index contributed by atoms with van der Waals surface area (Å²) in [5.74, 6) is 1.67. The molecule has 1 heterocycles. The molecule has 0 aliphatic carbocycles. The summed E-state index contributed by atoms with van der Waals surface area (Å²) < 4.78 is 7.27. The van der Waals surface area contributed by atoms with Gasteiger partial charge >= 0.3 is 0 Å². The number of aryl methyl sites for hydroxylation is 1. The molecule has 0 amide bonds. The molecule has 0 radical (unpaired) electrons. The zero-order valence-corrected chi connectivity index (χ0v) is 10.9. The number of rotatable bonds is 2. The van der Waals surface area contributed by atoms with Gasteiger partial charge in [-0.05, 0) is 24.3 Å². The summed E-state index contributed by atoms with van der Waals surface area (Å²) in [7, 11) is 3.64. The molecular formula is C15H15N3O. The van der Waals surface area contributed by atoms with Crippen LogP contribution >= 0.6 is 0 Å². The van der Waals surface area contributed by atoms with E-state index in [1.807, 2.05) is 54.1 Å². The molecule has 0 aliphatic heterocycles. The molecule has 4 heteroatoms. The number of nitrogens with zero attached hydrogens (tertiary/aromatic N) is 2. The maximum Gasteiger partial charge on any atom is 0.142 e. The van der Waals surface area contributed by atoms with E-state index in [0.29, 0.717) is 0 Å². The smallest absolute Gasteiger partial charge is 0.142 e. The van der Waals surface area contributed by atoms with Crippen molar-refractivity contribution >= 4 is 16.7 Å². The third-order valence-corrected chi connectivity index (χ3v) is 3.29.